The SMILES string of the molecule is CC[C@H](C)[C@H](NC(=O)CCCCCCCCCCCCCCC(=O)N[C@@H](Cc1ccccc1)C(=O)N[C@@H](Cc1ccccc1)C(=O)O)C(=O)N[C@@H](Cc1ccccc1)C(N)=O. The minimum absolute atomic E-state index is 0.112. The summed E-state index contributed by atoms with van der Waals surface area (Å²) in [6, 6.07) is 24.2. The Morgan fingerprint density at radius 3 is 1.25 bits per heavy atom. The molecule has 61 heavy (non-hydrogen) atoms. The van der Waals surface area contributed by atoms with Crippen LogP contribution in [0, 0.1) is 5.92 Å². The Morgan fingerprint density at radius 1 is 0.492 bits per heavy atom. The molecule has 0 aliphatic rings. The Balaban J connectivity index is 1.25. The van der Waals surface area contributed by atoms with E-state index >= 15 is 0 Å². The first-order valence-corrected chi connectivity index (χ1v) is 22.3. The van der Waals surface area contributed by atoms with E-state index in [9.17, 15) is 33.9 Å². The molecule has 7 N–H and O–H groups in total. The molecule has 3 rings (SSSR count). The summed E-state index contributed by atoms with van der Waals surface area (Å²) >= 11 is 0. The molecular formula is C49H69N5O7. The van der Waals surface area contributed by atoms with Crippen molar-refractivity contribution in [2.75, 3.05) is 0 Å². The number of unbranched alkanes of at least 4 members (excludes halogenated alkanes) is 11. The smallest absolute Gasteiger partial charge is 0.326 e. The quantitative estimate of drug-likeness (QED) is 0.0386. The van der Waals surface area contributed by atoms with Crippen molar-refractivity contribution in [2.45, 2.75) is 154 Å². The van der Waals surface area contributed by atoms with Crippen molar-refractivity contribution in [2.24, 2.45) is 11.7 Å². The first kappa shape index (κ1) is 49.8. The van der Waals surface area contributed by atoms with Crippen LogP contribution in [0.3, 0.4) is 0 Å². The van der Waals surface area contributed by atoms with E-state index in [2.05, 4.69) is 21.3 Å². The van der Waals surface area contributed by atoms with Crippen LogP contribution in [0.15, 0.2) is 91.0 Å². The van der Waals surface area contributed by atoms with Gasteiger partial charge in [-0.05, 0) is 35.4 Å². The van der Waals surface area contributed by atoms with E-state index in [1.807, 2.05) is 105 Å². The summed E-state index contributed by atoms with van der Waals surface area (Å²) in [4.78, 5) is 76.4. The fourth-order valence-electron chi connectivity index (χ4n) is 7.27. The summed E-state index contributed by atoms with van der Waals surface area (Å²) in [5, 5.41) is 21.0. The first-order chi connectivity index (χ1) is 29.5. The van der Waals surface area contributed by atoms with Crippen molar-refractivity contribution < 1.29 is 33.9 Å². The number of carbonyl (C=O) groups is 6. The highest BCUT2D eigenvalue weighted by atomic mass is 16.4. The zero-order chi connectivity index (χ0) is 44.2. The maximum absolute atomic E-state index is 13.3. The highest BCUT2D eigenvalue weighted by Gasteiger charge is 2.30. The molecular weight excluding hydrogens is 771 g/mol. The Labute approximate surface area is 362 Å². The topological polar surface area (TPSA) is 197 Å². The van der Waals surface area contributed by atoms with E-state index in [1.165, 1.54) is 0 Å². The number of carboxylic acids is 1. The van der Waals surface area contributed by atoms with E-state index in [4.69, 9.17) is 5.73 Å². The molecule has 0 fully saturated rings. The van der Waals surface area contributed by atoms with E-state index in [0.29, 0.717) is 25.7 Å². The van der Waals surface area contributed by atoms with Gasteiger partial charge in [-0.15, -0.1) is 0 Å². The van der Waals surface area contributed by atoms with Crippen LogP contribution in [0.5, 0.6) is 0 Å². The second kappa shape index (κ2) is 28.9. The molecule has 5 amide bonds. The van der Waals surface area contributed by atoms with Gasteiger partial charge in [-0.2, -0.15) is 0 Å². The number of carboxylic acid groups (broad SMARTS) is 1. The molecule has 0 bridgehead atoms. The lowest BCUT2D eigenvalue weighted by Crippen LogP contribution is -2.55. The highest BCUT2D eigenvalue weighted by molar-refractivity contribution is 5.92. The standard InChI is InChI=1S/C49H69N5O7/c1-3-36(2)45(48(59)52-40(46(50)57)33-37-25-17-14-18-26-37)54-44(56)32-24-13-11-9-7-5-4-6-8-10-12-23-31-43(55)51-41(34-38-27-19-15-20-28-38)47(58)53-42(49(60)61)35-39-29-21-16-22-30-39/h14-22,25-30,36,40-42,45H,3-13,23-24,31-35H2,1-2H3,(H2,50,57)(H,51,55)(H,52,59)(H,53,58)(H,54,56)(H,60,61)/t36-,40-,41-,42-,45-/m0/s1. The third-order valence-corrected chi connectivity index (χ3v) is 11.1. The van der Waals surface area contributed by atoms with Gasteiger partial charge in [-0.3, -0.25) is 24.0 Å². The van der Waals surface area contributed by atoms with Crippen LogP contribution < -0.4 is 27.0 Å². The first-order valence-electron chi connectivity index (χ1n) is 22.3. The van der Waals surface area contributed by atoms with Crippen molar-refractivity contribution in [3.63, 3.8) is 0 Å². The van der Waals surface area contributed by atoms with Gasteiger partial charge in [0, 0.05) is 32.1 Å². The molecule has 3 aromatic carbocycles. The number of rotatable bonds is 31. The second-order valence-electron chi connectivity index (χ2n) is 16.2. The summed E-state index contributed by atoms with van der Waals surface area (Å²) in [7, 11) is 0. The van der Waals surface area contributed by atoms with Crippen LogP contribution in [-0.4, -0.2) is 64.8 Å². The summed E-state index contributed by atoms with van der Waals surface area (Å²) in [6.07, 6.45) is 14.2. The Hall–Kier alpha value is -5.52. The van der Waals surface area contributed by atoms with E-state index in [1.54, 1.807) is 0 Å². The minimum atomic E-state index is -1.13. The molecule has 0 unspecified atom stereocenters. The number of nitrogens with two attached hydrogens (primary N) is 1. The Bertz CT molecular complexity index is 1760. The molecule has 0 radical (unpaired) electrons. The van der Waals surface area contributed by atoms with Crippen LogP contribution >= 0.6 is 0 Å². The van der Waals surface area contributed by atoms with Crippen LogP contribution in [-0.2, 0) is 48.0 Å². The van der Waals surface area contributed by atoms with Gasteiger partial charge in [0.15, 0.2) is 0 Å². The van der Waals surface area contributed by atoms with Gasteiger partial charge in [-0.25, -0.2) is 4.79 Å². The fraction of sp³-hybridized carbons (Fsp3) is 0.510. The molecule has 0 spiro atoms. The van der Waals surface area contributed by atoms with Gasteiger partial charge in [0.2, 0.25) is 29.5 Å². The number of nitrogens with one attached hydrogen (secondary N) is 4. The molecule has 0 aromatic heterocycles. The summed E-state index contributed by atoms with van der Waals surface area (Å²) in [5.74, 6) is -3.17. The number of hydrogen-bond acceptors (Lipinski definition) is 6. The summed E-state index contributed by atoms with van der Waals surface area (Å²) in [6.45, 7) is 3.87. The molecule has 0 heterocycles. The summed E-state index contributed by atoms with van der Waals surface area (Å²) < 4.78 is 0. The van der Waals surface area contributed by atoms with E-state index < -0.39 is 47.9 Å². The number of aliphatic carboxylic acids is 1. The Kier molecular flexibility index (Phi) is 23.6. The average molecular weight is 840 g/mol. The number of benzene rings is 3. The molecule has 0 saturated heterocycles. The van der Waals surface area contributed by atoms with Crippen molar-refractivity contribution in [1.82, 2.24) is 21.3 Å². The monoisotopic (exact) mass is 840 g/mol. The van der Waals surface area contributed by atoms with Crippen molar-refractivity contribution in [3.8, 4) is 0 Å². The second-order valence-corrected chi connectivity index (χ2v) is 16.2. The molecule has 12 heteroatoms. The molecule has 0 aliphatic carbocycles. The summed E-state index contributed by atoms with van der Waals surface area (Å²) in [5.41, 5.74) is 8.15. The third-order valence-electron chi connectivity index (χ3n) is 11.1. The number of primary amides is 1. The lowest BCUT2D eigenvalue weighted by atomic mass is 9.97. The lowest BCUT2D eigenvalue weighted by Gasteiger charge is -2.26. The normalized spacial score (nSPS) is 13.5. The molecule has 332 valence electrons. The molecule has 3 aromatic rings. The van der Waals surface area contributed by atoms with Crippen LogP contribution in [0.25, 0.3) is 0 Å². The van der Waals surface area contributed by atoms with Gasteiger partial charge in [0.05, 0.1) is 0 Å². The molecule has 12 nitrogen and oxygen atoms in total. The van der Waals surface area contributed by atoms with Gasteiger partial charge in [-0.1, -0.05) is 175 Å². The average Bonchev–Trinajstić information content (AvgIpc) is 3.25. The van der Waals surface area contributed by atoms with Gasteiger partial charge >= 0.3 is 5.97 Å². The predicted molar refractivity (Wildman–Crippen MR) is 239 cm³/mol. The zero-order valence-corrected chi connectivity index (χ0v) is 36.2. The zero-order valence-electron chi connectivity index (χ0n) is 36.2. The van der Waals surface area contributed by atoms with Crippen molar-refractivity contribution >= 4 is 35.5 Å². The van der Waals surface area contributed by atoms with Crippen LogP contribution in [0.1, 0.15) is 127 Å². The Morgan fingerprint density at radius 2 is 0.852 bits per heavy atom. The van der Waals surface area contributed by atoms with Crippen molar-refractivity contribution in [3.05, 3.63) is 108 Å². The maximum atomic E-state index is 13.3. The van der Waals surface area contributed by atoms with Gasteiger partial charge < -0.3 is 32.1 Å². The number of amides is 5. The minimum Gasteiger partial charge on any atom is -0.480 e. The van der Waals surface area contributed by atoms with Gasteiger partial charge in [0.25, 0.3) is 0 Å². The van der Waals surface area contributed by atoms with Crippen LogP contribution in [0.2, 0.25) is 0 Å². The van der Waals surface area contributed by atoms with Crippen molar-refractivity contribution in [1.29, 1.82) is 0 Å². The number of hydrogen-bond donors (Lipinski definition) is 6. The highest BCUT2D eigenvalue weighted by Crippen LogP contribution is 2.15. The molecule has 0 saturated carbocycles. The predicted octanol–water partition coefficient (Wildman–Crippen LogP) is 6.73. The third kappa shape index (κ3) is 20.5. The van der Waals surface area contributed by atoms with Crippen LogP contribution in [0.4, 0.5) is 0 Å². The molecule has 5 atom stereocenters. The van der Waals surface area contributed by atoms with Gasteiger partial charge in [0.1, 0.15) is 24.2 Å². The fourth-order valence-corrected chi connectivity index (χ4v) is 7.27. The molecule has 0 aliphatic heterocycles. The largest absolute Gasteiger partial charge is 0.480 e. The van der Waals surface area contributed by atoms with E-state index in [-0.39, 0.29) is 37.0 Å². The lowest BCUT2D eigenvalue weighted by molar-refractivity contribution is -0.142. The number of carbonyl (C=O) groups excluding carboxylic acids is 5. The van der Waals surface area contributed by atoms with E-state index in [0.717, 1.165) is 87.3 Å². The maximum Gasteiger partial charge on any atom is 0.326 e.